The number of sulfonamides is 1. The van der Waals surface area contributed by atoms with Gasteiger partial charge in [0.1, 0.15) is 4.90 Å². The van der Waals surface area contributed by atoms with Crippen molar-refractivity contribution in [1.29, 1.82) is 0 Å². The van der Waals surface area contributed by atoms with E-state index in [4.69, 9.17) is 5.11 Å². The average Bonchev–Trinajstić information content (AvgIpc) is 2.77. The lowest BCUT2D eigenvalue weighted by molar-refractivity contribution is 0.282. The van der Waals surface area contributed by atoms with Gasteiger partial charge in [-0.25, -0.2) is 8.42 Å². The number of thiophene rings is 1. The molecule has 0 aliphatic heterocycles. The van der Waals surface area contributed by atoms with Crippen LogP contribution in [0.1, 0.15) is 10.6 Å². The number of pyridine rings is 1. The van der Waals surface area contributed by atoms with Gasteiger partial charge in [0, 0.05) is 11.9 Å². The minimum absolute atomic E-state index is 0.115. The van der Waals surface area contributed by atoms with Crippen molar-refractivity contribution in [2.75, 3.05) is 4.72 Å². The second-order valence-corrected chi connectivity index (χ2v) is 6.31. The molecule has 0 unspecified atom stereocenters. The van der Waals surface area contributed by atoms with Crippen molar-refractivity contribution in [2.45, 2.75) is 18.4 Å². The third-order valence-corrected chi connectivity index (χ3v) is 4.79. The molecule has 0 aliphatic carbocycles. The number of aromatic nitrogens is 1. The van der Waals surface area contributed by atoms with Crippen LogP contribution < -0.4 is 4.72 Å². The largest absolute Gasteiger partial charge is 0.391 e. The summed E-state index contributed by atoms with van der Waals surface area (Å²) in [5, 5.41) is 10.7. The maximum atomic E-state index is 12.1. The Kier molecular flexibility index (Phi) is 3.65. The first-order valence-electron chi connectivity index (χ1n) is 5.15. The Morgan fingerprint density at radius 2 is 2.22 bits per heavy atom. The Labute approximate surface area is 109 Å². The fourth-order valence-corrected chi connectivity index (χ4v) is 3.85. The SMILES string of the molecule is Cc1cc(NS(=O)(=O)c2ccsc2CO)ccn1. The number of rotatable bonds is 4. The molecule has 2 heterocycles. The van der Waals surface area contributed by atoms with Crippen molar-refractivity contribution < 1.29 is 13.5 Å². The van der Waals surface area contributed by atoms with Crippen LogP contribution in [0.15, 0.2) is 34.7 Å². The zero-order valence-corrected chi connectivity index (χ0v) is 11.3. The van der Waals surface area contributed by atoms with Crippen LogP contribution >= 0.6 is 11.3 Å². The number of nitrogens with zero attached hydrogens (tertiary/aromatic N) is 1. The molecule has 2 N–H and O–H groups in total. The van der Waals surface area contributed by atoms with Crippen LogP contribution in [0.4, 0.5) is 5.69 Å². The van der Waals surface area contributed by atoms with E-state index in [-0.39, 0.29) is 11.5 Å². The predicted molar refractivity (Wildman–Crippen MR) is 70.0 cm³/mol. The minimum Gasteiger partial charge on any atom is -0.391 e. The molecule has 0 saturated heterocycles. The fourth-order valence-electron chi connectivity index (χ4n) is 1.50. The summed E-state index contributed by atoms with van der Waals surface area (Å²) in [5.74, 6) is 0. The van der Waals surface area contributed by atoms with E-state index in [1.807, 2.05) is 0 Å². The molecule has 0 aromatic carbocycles. The molecule has 5 nitrogen and oxygen atoms in total. The molecular weight excluding hydrogens is 272 g/mol. The van der Waals surface area contributed by atoms with Gasteiger partial charge in [0.2, 0.25) is 0 Å². The van der Waals surface area contributed by atoms with E-state index in [9.17, 15) is 8.42 Å². The number of hydrogen-bond acceptors (Lipinski definition) is 5. The van der Waals surface area contributed by atoms with E-state index in [2.05, 4.69) is 9.71 Å². The van der Waals surface area contributed by atoms with Crippen molar-refractivity contribution in [1.82, 2.24) is 4.98 Å². The van der Waals surface area contributed by atoms with Gasteiger partial charge in [0.25, 0.3) is 10.0 Å². The number of aliphatic hydroxyl groups is 1. The Morgan fingerprint density at radius 1 is 1.44 bits per heavy atom. The molecule has 0 spiro atoms. The van der Waals surface area contributed by atoms with Gasteiger partial charge in [-0.3, -0.25) is 9.71 Å². The average molecular weight is 284 g/mol. The van der Waals surface area contributed by atoms with Gasteiger partial charge in [0.15, 0.2) is 0 Å². The predicted octanol–water partition coefficient (Wildman–Crippen LogP) is 1.74. The number of aryl methyl sites for hydroxylation is 1. The van der Waals surface area contributed by atoms with Gasteiger partial charge in [-0.15, -0.1) is 11.3 Å². The van der Waals surface area contributed by atoms with Crippen LogP contribution in [-0.4, -0.2) is 18.5 Å². The topological polar surface area (TPSA) is 79.3 Å². The molecule has 96 valence electrons. The second-order valence-electron chi connectivity index (χ2n) is 3.66. The van der Waals surface area contributed by atoms with Crippen molar-refractivity contribution in [3.8, 4) is 0 Å². The van der Waals surface area contributed by atoms with Crippen molar-refractivity contribution in [3.63, 3.8) is 0 Å². The highest BCUT2D eigenvalue weighted by Gasteiger charge is 2.19. The zero-order chi connectivity index (χ0) is 13.2. The lowest BCUT2D eigenvalue weighted by Crippen LogP contribution is -2.13. The molecule has 0 radical (unpaired) electrons. The van der Waals surface area contributed by atoms with E-state index in [0.717, 1.165) is 5.69 Å². The molecule has 18 heavy (non-hydrogen) atoms. The molecule has 2 rings (SSSR count). The summed E-state index contributed by atoms with van der Waals surface area (Å²) in [6.45, 7) is 1.49. The van der Waals surface area contributed by atoms with Gasteiger partial charge >= 0.3 is 0 Å². The maximum Gasteiger partial charge on any atom is 0.263 e. The third-order valence-electron chi connectivity index (χ3n) is 2.29. The van der Waals surface area contributed by atoms with Crippen LogP contribution in [-0.2, 0) is 16.6 Å². The van der Waals surface area contributed by atoms with E-state index < -0.39 is 10.0 Å². The standard InChI is InChI=1S/C11H12N2O3S2/c1-8-6-9(2-4-12-8)13-18(15,16)11-3-5-17-10(11)7-14/h2-6,14H,7H2,1H3,(H,12,13). The molecule has 0 saturated carbocycles. The first-order valence-corrected chi connectivity index (χ1v) is 7.52. The maximum absolute atomic E-state index is 12.1. The lowest BCUT2D eigenvalue weighted by atomic mass is 10.3. The molecule has 2 aromatic rings. The summed E-state index contributed by atoms with van der Waals surface area (Å²) in [4.78, 5) is 4.53. The monoisotopic (exact) mass is 284 g/mol. The molecule has 0 fully saturated rings. The number of anilines is 1. The highest BCUT2D eigenvalue weighted by atomic mass is 32.2. The van der Waals surface area contributed by atoms with Crippen LogP contribution in [0.25, 0.3) is 0 Å². The highest BCUT2D eigenvalue weighted by Crippen LogP contribution is 2.24. The quantitative estimate of drug-likeness (QED) is 0.896. The Morgan fingerprint density at radius 3 is 2.89 bits per heavy atom. The Bertz CT molecular complexity index is 650. The van der Waals surface area contributed by atoms with Crippen molar-refractivity contribution >= 4 is 27.0 Å². The first kappa shape index (κ1) is 13.0. The van der Waals surface area contributed by atoms with Crippen LogP contribution in [0.5, 0.6) is 0 Å². The first-order chi connectivity index (χ1) is 8.53. The summed E-state index contributed by atoms with van der Waals surface area (Å²) >= 11 is 1.21. The smallest absolute Gasteiger partial charge is 0.263 e. The molecule has 2 aromatic heterocycles. The normalized spacial score (nSPS) is 11.4. The minimum atomic E-state index is -3.66. The van der Waals surface area contributed by atoms with Gasteiger partial charge in [-0.1, -0.05) is 0 Å². The number of nitrogens with one attached hydrogen (secondary N) is 1. The summed E-state index contributed by atoms with van der Waals surface area (Å²) in [6, 6.07) is 4.70. The van der Waals surface area contributed by atoms with E-state index in [1.54, 1.807) is 24.4 Å². The van der Waals surface area contributed by atoms with Gasteiger partial charge in [0.05, 0.1) is 17.2 Å². The van der Waals surface area contributed by atoms with Crippen molar-refractivity contribution in [3.05, 3.63) is 40.3 Å². The van der Waals surface area contributed by atoms with Gasteiger partial charge in [-0.05, 0) is 30.5 Å². The molecule has 7 heteroatoms. The summed E-state index contributed by atoms with van der Waals surface area (Å²) in [6.07, 6.45) is 1.54. The fraction of sp³-hybridized carbons (Fsp3) is 0.182. The highest BCUT2D eigenvalue weighted by molar-refractivity contribution is 7.93. The van der Waals surface area contributed by atoms with Gasteiger partial charge in [-0.2, -0.15) is 0 Å². The Hall–Kier alpha value is -1.44. The third kappa shape index (κ3) is 2.69. The summed E-state index contributed by atoms with van der Waals surface area (Å²) in [7, 11) is -3.66. The van der Waals surface area contributed by atoms with Crippen LogP contribution in [0, 0.1) is 6.92 Å². The lowest BCUT2D eigenvalue weighted by Gasteiger charge is -2.08. The summed E-state index contributed by atoms with van der Waals surface area (Å²) in [5.41, 5.74) is 1.18. The zero-order valence-electron chi connectivity index (χ0n) is 9.62. The molecule has 0 atom stereocenters. The molecule has 0 amide bonds. The molecular formula is C11H12N2O3S2. The van der Waals surface area contributed by atoms with Gasteiger partial charge < -0.3 is 5.11 Å². The summed E-state index contributed by atoms with van der Waals surface area (Å²) < 4.78 is 26.7. The number of aliphatic hydroxyl groups excluding tert-OH is 1. The van der Waals surface area contributed by atoms with E-state index in [0.29, 0.717) is 10.6 Å². The Balaban J connectivity index is 2.33. The van der Waals surface area contributed by atoms with Crippen molar-refractivity contribution in [2.24, 2.45) is 0 Å². The second kappa shape index (κ2) is 5.05. The molecule has 0 bridgehead atoms. The number of hydrogen-bond donors (Lipinski definition) is 2. The van der Waals surface area contributed by atoms with E-state index in [1.165, 1.54) is 23.6 Å². The molecule has 0 aliphatic rings. The van der Waals surface area contributed by atoms with Crippen LogP contribution in [0.3, 0.4) is 0 Å². The van der Waals surface area contributed by atoms with Crippen LogP contribution in [0.2, 0.25) is 0 Å². The van der Waals surface area contributed by atoms with E-state index >= 15 is 0 Å².